The van der Waals surface area contributed by atoms with E-state index in [-0.39, 0.29) is 36.2 Å². The van der Waals surface area contributed by atoms with Gasteiger partial charge in [0.15, 0.2) is 0 Å². The van der Waals surface area contributed by atoms with Crippen LogP contribution in [-0.4, -0.2) is 67.3 Å². The molecule has 0 aromatic carbocycles. The summed E-state index contributed by atoms with van der Waals surface area (Å²) in [6.45, 7) is 1.82. The number of halogens is 3. The molecule has 3 atom stereocenters. The number of piperidine rings is 2. The van der Waals surface area contributed by atoms with E-state index in [0.29, 0.717) is 19.6 Å². The molecule has 0 spiro atoms. The fraction of sp³-hybridized carbons (Fsp3) is 1.00. The summed E-state index contributed by atoms with van der Waals surface area (Å²) in [6, 6.07) is 0.242. The standard InChI is InChI=1S/C17H30F3N3O2S/c18-17(19,20)6-1-7-22-8-4-13(5-9-22)12-26(24,25)23-15-2-3-16(23)11-14(21)10-15/h13-16H,1-12,21H2/t14-,15-,16+. The van der Waals surface area contributed by atoms with Crippen LogP contribution in [0.5, 0.6) is 0 Å². The first-order valence-electron chi connectivity index (χ1n) is 9.70. The molecule has 0 amide bonds. The van der Waals surface area contributed by atoms with Crippen molar-refractivity contribution in [1.29, 1.82) is 0 Å². The summed E-state index contributed by atoms with van der Waals surface area (Å²) in [5.74, 6) is 0.278. The summed E-state index contributed by atoms with van der Waals surface area (Å²) >= 11 is 0. The summed E-state index contributed by atoms with van der Waals surface area (Å²) in [4.78, 5) is 2.03. The highest BCUT2D eigenvalue weighted by Crippen LogP contribution is 2.38. The summed E-state index contributed by atoms with van der Waals surface area (Å²) in [7, 11) is -3.29. The van der Waals surface area contributed by atoms with Crippen molar-refractivity contribution in [3.05, 3.63) is 0 Å². The van der Waals surface area contributed by atoms with Crippen molar-refractivity contribution < 1.29 is 21.6 Å². The largest absolute Gasteiger partial charge is 0.389 e. The fourth-order valence-corrected chi connectivity index (χ4v) is 7.29. The first kappa shape index (κ1) is 20.4. The van der Waals surface area contributed by atoms with Crippen LogP contribution in [-0.2, 0) is 10.0 Å². The number of alkyl halides is 3. The van der Waals surface area contributed by atoms with Crippen LogP contribution in [0.1, 0.15) is 51.4 Å². The molecule has 0 saturated carbocycles. The molecule has 3 fully saturated rings. The van der Waals surface area contributed by atoms with Gasteiger partial charge in [0.25, 0.3) is 0 Å². The van der Waals surface area contributed by atoms with Gasteiger partial charge in [-0.05, 0) is 70.5 Å². The highest BCUT2D eigenvalue weighted by Gasteiger charge is 2.46. The van der Waals surface area contributed by atoms with Gasteiger partial charge in [-0.15, -0.1) is 0 Å². The molecule has 3 saturated heterocycles. The topological polar surface area (TPSA) is 66.6 Å². The maximum atomic E-state index is 12.9. The van der Waals surface area contributed by atoms with Gasteiger partial charge in [0, 0.05) is 24.5 Å². The van der Waals surface area contributed by atoms with Gasteiger partial charge in [0.2, 0.25) is 10.0 Å². The maximum absolute atomic E-state index is 12.9. The van der Waals surface area contributed by atoms with Crippen molar-refractivity contribution in [3.63, 3.8) is 0 Å². The molecular formula is C17H30F3N3O2S. The van der Waals surface area contributed by atoms with Gasteiger partial charge in [-0.2, -0.15) is 17.5 Å². The fourth-order valence-electron chi connectivity index (χ4n) is 4.89. The van der Waals surface area contributed by atoms with Gasteiger partial charge in [-0.25, -0.2) is 8.42 Å². The Balaban J connectivity index is 1.45. The number of sulfonamides is 1. The van der Waals surface area contributed by atoms with Crippen LogP contribution in [0.15, 0.2) is 0 Å². The van der Waals surface area contributed by atoms with Gasteiger partial charge in [0.05, 0.1) is 5.75 Å². The second-order valence-corrected chi connectivity index (χ2v) is 10.1. The van der Waals surface area contributed by atoms with Gasteiger partial charge >= 0.3 is 6.18 Å². The zero-order valence-corrected chi connectivity index (χ0v) is 15.9. The summed E-state index contributed by atoms with van der Waals surface area (Å²) in [6.07, 6.45) is 0.0981. The Kier molecular flexibility index (Phi) is 6.21. The molecule has 3 aliphatic heterocycles. The lowest BCUT2D eigenvalue weighted by molar-refractivity contribution is -0.136. The number of fused-ring (bicyclic) bond motifs is 2. The molecule has 9 heteroatoms. The molecule has 5 nitrogen and oxygen atoms in total. The van der Waals surface area contributed by atoms with E-state index < -0.39 is 22.6 Å². The number of hydrogen-bond acceptors (Lipinski definition) is 4. The molecule has 0 aromatic rings. The highest BCUT2D eigenvalue weighted by molar-refractivity contribution is 7.89. The Labute approximate surface area is 154 Å². The lowest BCUT2D eigenvalue weighted by atomic mass is 9.99. The zero-order chi connectivity index (χ0) is 18.9. The molecule has 0 aromatic heterocycles. The number of nitrogens with two attached hydrogens (primary N) is 1. The Morgan fingerprint density at radius 3 is 2.12 bits per heavy atom. The van der Waals surface area contributed by atoms with Gasteiger partial charge in [0.1, 0.15) is 0 Å². The van der Waals surface area contributed by atoms with E-state index in [0.717, 1.165) is 38.5 Å². The minimum absolute atomic E-state index is 0.0659. The quantitative estimate of drug-likeness (QED) is 0.747. The number of hydrogen-bond donors (Lipinski definition) is 1. The molecule has 2 bridgehead atoms. The maximum Gasteiger partial charge on any atom is 0.389 e. The summed E-state index contributed by atoms with van der Waals surface area (Å²) < 4.78 is 64.3. The van der Waals surface area contributed by atoms with Crippen LogP contribution in [0.3, 0.4) is 0 Å². The summed E-state index contributed by atoms with van der Waals surface area (Å²) in [5.41, 5.74) is 6.03. The molecule has 26 heavy (non-hydrogen) atoms. The van der Waals surface area contributed by atoms with Gasteiger partial charge in [-0.1, -0.05) is 0 Å². The van der Waals surface area contributed by atoms with Crippen LogP contribution >= 0.6 is 0 Å². The van der Waals surface area contributed by atoms with E-state index in [2.05, 4.69) is 0 Å². The molecule has 2 N–H and O–H groups in total. The van der Waals surface area contributed by atoms with Crippen molar-refractivity contribution in [2.75, 3.05) is 25.4 Å². The Bertz CT molecular complexity index is 562. The monoisotopic (exact) mass is 397 g/mol. The SMILES string of the molecule is N[C@@H]1C[C@H]2CC[C@@H](C1)N2S(=O)(=O)CC1CCN(CCCC(F)(F)F)CC1. The molecule has 3 aliphatic rings. The number of rotatable bonds is 6. The van der Waals surface area contributed by atoms with E-state index in [9.17, 15) is 21.6 Å². The lowest BCUT2D eigenvalue weighted by Gasteiger charge is -2.38. The van der Waals surface area contributed by atoms with Crippen molar-refractivity contribution in [2.24, 2.45) is 11.7 Å². The minimum atomic E-state index is -4.09. The van der Waals surface area contributed by atoms with Crippen LogP contribution in [0.2, 0.25) is 0 Å². The Morgan fingerprint density at radius 2 is 1.58 bits per heavy atom. The molecule has 0 radical (unpaired) electrons. The van der Waals surface area contributed by atoms with Crippen LogP contribution in [0, 0.1) is 5.92 Å². The highest BCUT2D eigenvalue weighted by atomic mass is 32.2. The smallest absolute Gasteiger partial charge is 0.328 e. The Hall–Kier alpha value is -0.380. The first-order valence-corrected chi connectivity index (χ1v) is 11.3. The van der Waals surface area contributed by atoms with E-state index in [4.69, 9.17) is 5.73 Å². The van der Waals surface area contributed by atoms with Crippen molar-refractivity contribution in [2.45, 2.75) is 75.7 Å². The second kappa shape index (κ2) is 7.93. The molecule has 3 rings (SSSR count). The average Bonchev–Trinajstić information content (AvgIpc) is 2.81. The molecule has 0 unspecified atom stereocenters. The average molecular weight is 398 g/mol. The number of nitrogens with zero attached hydrogens (tertiary/aromatic N) is 2. The molecule has 3 heterocycles. The van der Waals surface area contributed by atoms with Crippen molar-refractivity contribution in [1.82, 2.24) is 9.21 Å². The predicted octanol–water partition coefficient (Wildman–Crippen LogP) is 2.32. The van der Waals surface area contributed by atoms with E-state index >= 15 is 0 Å². The van der Waals surface area contributed by atoms with Crippen LogP contribution in [0.25, 0.3) is 0 Å². The van der Waals surface area contributed by atoms with E-state index in [1.54, 1.807) is 4.31 Å². The van der Waals surface area contributed by atoms with Crippen molar-refractivity contribution >= 4 is 10.0 Å². The molecule has 152 valence electrons. The van der Waals surface area contributed by atoms with Crippen LogP contribution in [0.4, 0.5) is 13.2 Å². The van der Waals surface area contributed by atoms with Crippen molar-refractivity contribution in [3.8, 4) is 0 Å². The second-order valence-electron chi connectivity index (χ2n) is 8.23. The lowest BCUT2D eigenvalue weighted by Crippen LogP contribution is -2.51. The third-order valence-corrected chi connectivity index (χ3v) is 8.24. The van der Waals surface area contributed by atoms with E-state index in [1.165, 1.54) is 0 Å². The molecule has 0 aliphatic carbocycles. The zero-order valence-electron chi connectivity index (χ0n) is 15.1. The van der Waals surface area contributed by atoms with Crippen LogP contribution < -0.4 is 5.73 Å². The third kappa shape index (κ3) is 5.11. The van der Waals surface area contributed by atoms with E-state index in [1.807, 2.05) is 4.90 Å². The van der Waals surface area contributed by atoms with Gasteiger partial charge < -0.3 is 10.6 Å². The molecular weight excluding hydrogens is 367 g/mol. The first-order chi connectivity index (χ1) is 12.1. The van der Waals surface area contributed by atoms with Gasteiger partial charge in [-0.3, -0.25) is 0 Å². The number of likely N-dealkylation sites (tertiary alicyclic amines) is 1. The normalized spacial score (nSPS) is 32.2. The predicted molar refractivity (Wildman–Crippen MR) is 94.1 cm³/mol. The Morgan fingerprint density at radius 1 is 1.00 bits per heavy atom. The third-order valence-electron chi connectivity index (χ3n) is 6.11. The minimum Gasteiger partial charge on any atom is -0.328 e. The summed E-state index contributed by atoms with van der Waals surface area (Å²) in [5, 5.41) is 0.